The van der Waals surface area contributed by atoms with E-state index in [4.69, 9.17) is 5.73 Å². The lowest BCUT2D eigenvalue weighted by Crippen LogP contribution is -2.27. The second kappa shape index (κ2) is 5.72. The molecule has 0 atom stereocenters. The average Bonchev–Trinajstić information content (AvgIpc) is 2.85. The first-order valence-corrected chi connectivity index (χ1v) is 7.77. The summed E-state index contributed by atoms with van der Waals surface area (Å²) in [4.78, 5) is 3.96. The highest BCUT2D eigenvalue weighted by Crippen LogP contribution is 2.22. The molecule has 1 aromatic carbocycles. The van der Waals surface area contributed by atoms with E-state index < -0.39 is 10.0 Å². The van der Waals surface area contributed by atoms with Gasteiger partial charge in [0.1, 0.15) is 4.90 Å². The molecule has 2 rings (SSSR count). The molecule has 19 heavy (non-hydrogen) atoms. The zero-order valence-electron chi connectivity index (χ0n) is 9.95. The topological polar surface area (TPSA) is 90.0 Å². The number of nitrogen functional groups attached to an aromatic ring is 1. The normalized spacial score (nSPS) is 11.6. The van der Waals surface area contributed by atoms with Crippen molar-refractivity contribution < 1.29 is 8.42 Å². The van der Waals surface area contributed by atoms with E-state index in [9.17, 15) is 8.42 Å². The smallest absolute Gasteiger partial charge is 0.242 e. The van der Waals surface area contributed by atoms with E-state index >= 15 is 0 Å². The van der Waals surface area contributed by atoms with E-state index in [0.717, 1.165) is 0 Å². The van der Waals surface area contributed by atoms with Gasteiger partial charge in [0.15, 0.2) is 0 Å². The zero-order chi connectivity index (χ0) is 13.9. The Kier molecular flexibility index (Phi) is 4.23. The Morgan fingerprint density at radius 1 is 1.42 bits per heavy atom. The maximum atomic E-state index is 12.1. The van der Waals surface area contributed by atoms with Crippen molar-refractivity contribution >= 4 is 31.6 Å². The molecular weight excluding hydrogens is 332 g/mol. The van der Waals surface area contributed by atoms with Crippen LogP contribution < -0.4 is 10.5 Å². The number of halogens is 1. The molecule has 8 heteroatoms. The van der Waals surface area contributed by atoms with Crippen molar-refractivity contribution in [2.75, 3.05) is 12.3 Å². The van der Waals surface area contributed by atoms with Crippen molar-refractivity contribution in [2.24, 2.45) is 0 Å². The minimum atomic E-state index is -3.61. The molecule has 6 nitrogen and oxygen atoms in total. The third kappa shape index (κ3) is 3.55. The van der Waals surface area contributed by atoms with Crippen molar-refractivity contribution in [3.8, 4) is 0 Å². The molecule has 0 amide bonds. The van der Waals surface area contributed by atoms with Crippen LogP contribution in [-0.4, -0.2) is 24.5 Å². The van der Waals surface area contributed by atoms with E-state index in [0.29, 0.717) is 11.0 Å². The summed E-state index contributed by atoms with van der Waals surface area (Å²) in [5.74, 6) is 0. The van der Waals surface area contributed by atoms with Gasteiger partial charge in [0, 0.05) is 30.0 Å². The number of hydrogen-bond donors (Lipinski definition) is 2. The molecule has 0 radical (unpaired) electrons. The van der Waals surface area contributed by atoms with E-state index in [2.05, 4.69) is 25.6 Å². The standard InChI is InChI=1S/C11H13BrN4O2S/c12-9-1-2-10(13)11(7-9)19(17,18)15-4-6-16-5-3-14-8-16/h1-3,5,7-8,15H,4,6,13H2. The lowest BCUT2D eigenvalue weighted by Gasteiger charge is -2.09. The second-order valence-corrected chi connectivity index (χ2v) is 6.53. The number of sulfonamides is 1. The molecule has 0 aliphatic rings. The van der Waals surface area contributed by atoms with Crippen molar-refractivity contribution in [3.63, 3.8) is 0 Å². The minimum absolute atomic E-state index is 0.0764. The number of anilines is 1. The van der Waals surface area contributed by atoms with Gasteiger partial charge in [-0.1, -0.05) is 15.9 Å². The van der Waals surface area contributed by atoms with Crippen LogP contribution in [-0.2, 0) is 16.6 Å². The molecule has 2 aromatic rings. The summed E-state index contributed by atoms with van der Waals surface area (Å²) in [6.45, 7) is 0.776. The van der Waals surface area contributed by atoms with E-state index in [1.54, 1.807) is 35.4 Å². The molecule has 0 fully saturated rings. The fourth-order valence-corrected chi connectivity index (χ4v) is 3.24. The molecule has 0 unspecified atom stereocenters. The van der Waals surface area contributed by atoms with E-state index in [-0.39, 0.29) is 17.1 Å². The molecule has 1 aromatic heterocycles. The van der Waals surface area contributed by atoms with Crippen LogP contribution in [0.25, 0.3) is 0 Å². The zero-order valence-corrected chi connectivity index (χ0v) is 12.4. The number of nitrogens with two attached hydrogens (primary N) is 1. The molecule has 0 bridgehead atoms. The van der Waals surface area contributed by atoms with Gasteiger partial charge in [0.2, 0.25) is 10.0 Å². The fraction of sp³-hybridized carbons (Fsp3) is 0.182. The fourth-order valence-electron chi connectivity index (χ4n) is 1.55. The van der Waals surface area contributed by atoms with Gasteiger partial charge in [-0.25, -0.2) is 18.1 Å². The number of aromatic nitrogens is 2. The van der Waals surface area contributed by atoms with Gasteiger partial charge in [-0.05, 0) is 18.2 Å². The number of hydrogen-bond acceptors (Lipinski definition) is 4. The van der Waals surface area contributed by atoms with E-state index in [1.165, 1.54) is 6.07 Å². The predicted molar refractivity (Wildman–Crippen MR) is 76.0 cm³/mol. The van der Waals surface area contributed by atoms with Gasteiger partial charge in [-0.3, -0.25) is 0 Å². The van der Waals surface area contributed by atoms with Gasteiger partial charge in [-0.2, -0.15) is 0 Å². The molecule has 0 saturated heterocycles. The van der Waals surface area contributed by atoms with Crippen LogP contribution in [0.5, 0.6) is 0 Å². The summed E-state index contributed by atoms with van der Waals surface area (Å²) in [6.07, 6.45) is 5.03. The predicted octanol–water partition coefficient (Wildman–Crippen LogP) is 1.21. The molecule has 0 saturated carbocycles. The second-order valence-electron chi connectivity index (χ2n) is 3.88. The summed E-state index contributed by atoms with van der Waals surface area (Å²) in [5, 5.41) is 0. The third-order valence-electron chi connectivity index (χ3n) is 2.49. The van der Waals surface area contributed by atoms with Gasteiger partial charge in [0.05, 0.1) is 12.0 Å². The lowest BCUT2D eigenvalue weighted by molar-refractivity contribution is 0.573. The summed E-state index contributed by atoms with van der Waals surface area (Å²) >= 11 is 3.23. The first-order valence-electron chi connectivity index (χ1n) is 5.49. The number of benzene rings is 1. The Bertz CT molecular complexity index is 655. The summed E-state index contributed by atoms with van der Waals surface area (Å²) in [7, 11) is -3.61. The molecule has 0 aliphatic carbocycles. The highest BCUT2D eigenvalue weighted by atomic mass is 79.9. The van der Waals surface area contributed by atoms with E-state index in [1.807, 2.05) is 0 Å². The van der Waals surface area contributed by atoms with Crippen molar-refractivity contribution in [3.05, 3.63) is 41.4 Å². The van der Waals surface area contributed by atoms with Gasteiger partial charge < -0.3 is 10.3 Å². The molecular formula is C11H13BrN4O2S. The van der Waals surface area contributed by atoms with Crippen LogP contribution >= 0.6 is 15.9 Å². The molecule has 0 aliphatic heterocycles. The van der Waals surface area contributed by atoms with Crippen LogP contribution in [0.4, 0.5) is 5.69 Å². The Balaban J connectivity index is 2.07. The molecule has 0 spiro atoms. The van der Waals surface area contributed by atoms with Crippen LogP contribution in [0, 0.1) is 0 Å². The highest BCUT2D eigenvalue weighted by molar-refractivity contribution is 9.10. The first-order chi connectivity index (χ1) is 8.99. The van der Waals surface area contributed by atoms with Crippen molar-refractivity contribution in [2.45, 2.75) is 11.4 Å². The highest BCUT2D eigenvalue weighted by Gasteiger charge is 2.17. The number of nitrogens with one attached hydrogen (secondary N) is 1. The summed E-state index contributed by atoms with van der Waals surface area (Å²) in [5.41, 5.74) is 5.91. The lowest BCUT2D eigenvalue weighted by atomic mass is 10.3. The summed E-state index contributed by atoms with van der Waals surface area (Å²) < 4.78 is 29.1. The maximum absolute atomic E-state index is 12.1. The van der Waals surface area contributed by atoms with Gasteiger partial charge >= 0.3 is 0 Å². The van der Waals surface area contributed by atoms with Gasteiger partial charge in [0.25, 0.3) is 0 Å². The maximum Gasteiger partial charge on any atom is 0.242 e. The Morgan fingerprint density at radius 3 is 2.89 bits per heavy atom. The van der Waals surface area contributed by atoms with Crippen molar-refractivity contribution in [1.29, 1.82) is 0 Å². The largest absolute Gasteiger partial charge is 0.398 e. The molecule has 102 valence electrons. The molecule has 3 N–H and O–H groups in total. The molecule has 1 heterocycles. The Morgan fingerprint density at radius 2 is 2.21 bits per heavy atom. The number of imidazole rings is 1. The number of rotatable bonds is 5. The monoisotopic (exact) mass is 344 g/mol. The third-order valence-corrected chi connectivity index (χ3v) is 4.50. The van der Waals surface area contributed by atoms with Crippen LogP contribution in [0.1, 0.15) is 0 Å². The van der Waals surface area contributed by atoms with Crippen LogP contribution in [0.2, 0.25) is 0 Å². The Labute approximate surface area is 119 Å². The van der Waals surface area contributed by atoms with Crippen LogP contribution in [0.3, 0.4) is 0 Å². The minimum Gasteiger partial charge on any atom is -0.398 e. The quantitative estimate of drug-likeness (QED) is 0.797. The van der Waals surface area contributed by atoms with Crippen molar-refractivity contribution in [1.82, 2.24) is 14.3 Å². The van der Waals surface area contributed by atoms with Gasteiger partial charge in [-0.15, -0.1) is 0 Å². The average molecular weight is 345 g/mol. The SMILES string of the molecule is Nc1ccc(Br)cc1S(=O)(=O)NCCn1ccnc1. The van der Waals surface area contributed by atoms with Crippen LogP contribution in [0.15, 0.2) is 46.3 Å². The summed E-state index contributed by atoms with van der Waals surface area (Å²) in [6, 6.07) is 4.73. The number of nitrogens with zero attached hydrogens (tertiary/aromatic N) is 2. The first kappa shape index (κ1) is 14.0. The Hall–Kier alpha value is -1.38.